The van der Waals surface area contributed by atoms with Gasteiger partial charge in [-0.1, -0.05) is 12.2 Å². The monoisotopic (exact) mass is 386 g/mol. The van der Waals surface area contributed by atoms with Crippen LogP contribution in [-0.4, -0.2) is 41.8 Å². The summed E-state index contributed by atoms with van der Waals surface area (Å²) in [6, 6.07) is 1.92. The molecular formula is C18H34O5Si2. The summed E-state index contributed by atoms with van der Waals surface area (Å²) in [7, 11) is -3.58. The van der Waals surface area contributed by atoms with Crippen LogP contribution < -0.4 is 0 Å². The summed E-state index contributed by atoms with van der Waals surface area (Å²) in [5.41, 5.74) is 0. The Labute approximate surface area is 154 Å². The number of hydrogen-bond donors (Lipinski definition) is 0. The van der Waals surface area contributed by atoms with E-state index >= 15 is 0 Å². The van der Waals surface area contributed by atoms with Crippen LogP contribution in [0.5, 0.6) is 0 Å². The molecular weight excluding hydrogens is 352 g/mol. The molecule has 0 amide bonds. The Balaban J connectivity index is 4.10. The first kappa shape index (κ1) is 23.8. The number of rotatable bonds is 12. The maximum Gasteiger partial charge on any atom is 0.330 e. The van der Waals surface area contributed by atoms with Crippen LogP contribution in [0.2, 0.25) is 38.3 Å². The molecule has 0 aromatic rings. The van der Waals surface area contributed by atoms with E-state index in [1.54, 1.807) is 26.0 Å². The van der Waals surface area contributed by atoms with E-state index in [1.165, 1.54) is 12.2 Å². The summed E-state index contributed by atoms with van der Waals surface area (Å²) in [5.74, 6) is -0.574. The van der Waals surface area contributed by atoms with Crippen LogP contribution in [0.15, 0.2) is 24.3 Å². The minimum absolute atomic E-state index is 0.287. The van der Waals surface area contributed by atoms with Crippen molar-refractivity contribution in [3.8, 4) is 0 Å². The standard InChI is InChI=1S/C18H34O5Si2/c1-7-11-17(19)21-13-9-15-24(3,4)23-25(5,6)16-10-14-22-18(20)12-8-2/h7-8,11-12H,9-10,13-16H2,1-6H3. The normalized spacial score (nSPS) is 12.7. The number of hydrogen-bond acceptors (Lipinski definition) is 5. The van der Waals surface area contributed by atoms with E-state index < -0.39 is 16.6 Å². The maximum absolute atomic E-state index is 11.3. The van der Waals surface area contributed by atoms with Crippen LogP contribution in [0.3, 0.4) is 0 Å². The van der Waals surface area contributed by atoms with Crippen molar-refractivity contribution < 1.29 is 23.2 Å². The highest BCUT2D eigenvalue weighted by molar-refractivity contribution is 6.84. The Morgan fingerprint density at radius 3 is 1.44 bits per heavy atom. The lowest BCUT2D eigenvalue weighted by atomic mass is 10.5. The predicted octanol–water partition coefficient (Wildman–Crippen LogP) is 4.43. The molecule has 0 unspecified atom stereocenters. The molecule has 0 radical (unpaired) electrons. The molecule has 144 valence electrons. The SMILES string of the molecule is CC=CC(=O)OCCC[Si](C)(C)O[Si](C)(C)CCCOC(=O)C=CC. The smallest absolute Gasteiger partial charge is 0.330 e. The molecule has 0 rings (SSSR count). The van der Waals surface area contributed by atoms with Crippen LogP contribution in [0.4, 0.5) is 0 Å². The third-order valence-corrected chi connectivity index (χ3v) is 11.0. The minimum atomic E-state index is -1.79. The van der Waals surface area contributed by atoms with Gasteiger partial charge in [0.05, 0.1) is 13.2 Å². The molecule has 0 aromatic heterocycles. The minimum Gasteiger partial charge on any atom is -0.463 e. The van der Waals surface area contributed by atoms with Crippen molar-refractivity contribution in [2.75, 3.05) is 13.2 Å². The van der Waals surface area contributed by atoms with E-state index in [1.807, 2.05) is 0 Å². The summed E-state index contributed by atoms with van der Waals surface area (Å²) >= 11 is 0. The van der Waals surface area contributed by atoms with Crippen molar-refractivity contribution in [2.24, 2.45) is 0 Å². The summed E-state index contributed by atoms with van der Waals surface area (Å²) < 4.78 is 16.8. The van der Waals surface area contributed by atoms with Crippen molar-refractivity contribution in [3.05, 3.63) is 24.3 Å². The molecule has 0 fully saturated rings. The first-order valence-corrected chi connectivity index (χ1v) is 15.1. The van der Waals surface area contributed by atoms with Gasteiger partial charge in [0.2, 0.25) is 0 Å². The summed E-state index contributed by atoms with van der Waals surface area (Å²) in [6.45, 7) is 13.3. The molecule has 5 nitrogen and oxygen atoms in total. The number of carbonyl (C=O) groups is 2. The van der Waals surface area contributed by atoms with Crippen LogP contribution in [0.1, 0.15) is 26.7 Å². The van der Waals surface area contributed by atoms with E-state index in [0.717, 1.165) is 24.9 Å². The van der Waals surface area contributed by atoms with Crippen molar-refractivity contribution in [1.29, 1.82) is 0 Å². The molecule has 0 heterocycles. The van der Waals surface area contributed by atoms with E-state index in [0.29, 0.717) is 13.2 Å². The lowest BCUT2D eigenvalue weighted by Gasteiger charge is -2.34. The zero-order chi connectivity index (χ0) is 19.3. The van der Waals surface area contributed by atoms with Gasteiger partial charge < -0.3 is 13.6 Å². The Morgan fingerprint density at radius 1 is 0.760 bits per heavy atom. The van der Waals surface area contributed by atoms with Gasteiger partial charge in [0.15, 0.2) is 16.6 Å². The van der Waals surface area contributed by atoms with Gasteiger partial charge in [-0.25, -0.2) is 9.59 Å². The Morgan fingerprint density at radius 2 is 1.12 bits per heavy atom. The van der Waals surface area contributed by atoms with Gasteiger partial charge in [0.1, 0.15) is 0 Å². The van der Waals surface area contributed by atoms with Gasteiger partial charge in [-0.3, -0.25) is 0 Å². The van der Waals surface area contributed by atoms with Gasteiger partial charge in [-0.05, 0) is 65.0 Å². The van der Waals surface area contributed by atoms with Crippen molar-refractivity contribution >= 4 is 28.6 Å². The van der Waals surface area contributed by atoms with Crippen molar-refractivity contribution in [1.82, 2.24) is 0 Å². The van der Waals surface area contributed by atoms with Gasteiger partial charge in [0.25, 0.3) is 0 Å². The summed E-state index contributed by atoms with van der Waals surface area (Å²) in [5, 5.41) is 0. The maximum atomic E-state index is 11.3. The number of ether oxygens (including phenoxy) is 2. The highest BCUT2D eigenvalue weighted by Gasteiger charge is 2.32. The molecule has 0 aliphatic rings. The van der Waals surface area contributed by atoms with Crippen LogP contribution in [0.25, 0.3) is 0 Å². The second-order valence-corrected chi connectivity index (χ2v) is 16.0. The number of esters is 2. The van der Waals surface area contributed by atoms with Crippen molar-refractivity contribution in [3.63, 3.8) is 0 Å². The van der Waals surface area contributed by atoms with Crippen LogP contribution in [0, 0.1) is 0 Å². The highest BCUT2D eigenvalue weighted by Crippen LogP contribution is 2.23. The van der Waals surface area contributed by atoms with E-state index in [-0.39, 0.29) is 11.9 Å². The Bertz CT molecular complexity index is 428. The van der Waals surface area contributed by atoms with E-state index in [2.05, 4.69) is 26.2 Å². The molecule has 0 N–H and O–H groups in total. The molecule has 0 spiro atoms. The number of allylic oxidation sites excluding steroid dienone is 2. The molecule has 25 heavy (non-hydrogen) atoms. The first-order chi connectivity index (χ1) is 11.6. The molecule has 0 bridgehead atoms. The Kier molecular flexibility index (Phi) is 11.6. The fraction of sp³-hybridized carbons (Fsp3) is 0.667. The topological polar surface area (TPSA) is 61.8 Å². The molecule has 7 heteroatoms. The second-order valence-electron chi connectivity index (χ2n) is 7.16. The third kappa shape index (κ3) is 13.7. The molecule has 0 saturated heterocycles. The average Bonchev–Trinajstić information content (AvgIpc) is 2.48. The van der Waals surface area contributed by atoms with E-state index in [9.17, 15) is 9.59 Å². The van der Waals surface area contributed by atoms with Gasteiger partial charge in [-0.15, -0.1) is 0 Å². The zero-order valence-corrected chi connectivity index (χ0v) is 18.6. The van der Waals surface area contributed by atoms with Crippen LogP contribution >= 0.6 is 0 Å². The third-order valence-electron chi connectivity index (χ3n) is 3.49. The quantitative estimate of drug-likeness (QED) is 0.215. The largest absolute Gasteiger partial charge is 0.463 e. The number of carbonyl (C=O) groups excluding carboxylic acids is 2. The summed E-state index contributed by atoms with van der Waals surface area (Å²) in [6.07, 6.45) is 7.86. The highest BCUT2D eigenvalue weighted by atomic mass is 28.4. The second kappa shape index (κ2) is 12.2. The first-order valence-electron chi connectivity index (χ1n) is 8.91. The molecule has 0 aliphatic heterocycles. The lowest BCUT2D eigenvalue weighted by Crippen LogP contribution is -2.44. The molecule has 0 atom stereocenters. The van der Waals surface area contributed by atoms with Crippen molar-refractivity contribution in [2.45, 2.75) is 65.0 Å². The molecule has 0 saturated carbocycles. The summed E-state index contributed by atoms with van der Waals surface area (Å²) in [4.78, 5) is 22.5. The Hall–Kier alpha value is -1.19. The fourth-order valence-electron chi connectivity index (χ4n) is 2.56. The molecule has 0 aliphatic carbocycles. The lowest BCUT2D eigenvalue weighted by molar-refractivity contribution is -0.138. The van der Waals surface area contributed by atoms with Crippen LogP contribution in [-0.2, 0) is 23.2 Å². The van der Waals surface area contributed by atoms with Gasteiger partial charge >= 0.3 is 11.9 Å². The van der Waals surface area contributed by atoms with Gasteiger partial charge in [-0.2, -0.15) is 0 Å². The fourth-order valence-corrected chi connectivity index (χ4v) is 11.4. The predicted molar refractivity (Wildman–Crippen MR) is 106 cm³/mol. The zero-order valence-electron chi connectivity index (χ0n) is 16.6. The molecule has 0 aromatic carbocycles. The van der Waals surface area contributed by atoms with E-state index in [4.69, 9.17) is 13.6 Å². The average molecular weight is 387 g/mol. The van der Waals surface area contributed by atoms with Gasteiger partial charge in [0, 0.05) is 12.2 Å².